The lowest BCUT2D eigenvalue weighted by Gasteiger charge is -2.17. The van der Waals surface area contributed by atoms with Gasteiger partial charge in [0.1, 0.15) is 5.69 Å². The molecule has 0 spiro atoms. The molecule has 27 heavy (non-hydrogen) atoms. The molecule has 1 N–H and O–H groups in total. The van der Waals surface area contributed by atoms with Crippen molar-refractivity contribution in [3.05, 3.63) is 64.0 Å². The number of carbonyl (C=O) groups excluding carboxylic acids is 1. The molecule has 1 aromatic carbocycles. The number of carbonyl (C=O) groups is 1. The van der Waals surface area contributed by atoms with Crippen LogP contribution in [-0.2, 0) is 17.5 Å². The predicted octanol–water partition coefficient (Wildman–Crippen LogP) is 3.47. The number of aromatic nitrogens is 1. The first-order valence-electron chi connectivity index (χ1n) is 7.91. The lowest BCUT2D eigenvalue weighted by molar-refractivity contribution is -0.384. The highest BCUT2D eigenvalue weighted by molar-refractivity contribution is 5.76. The van der Waals surface area contributed by atoms with Crippen LogP contribution in [0.25, 0.3) is 0 Å². The minimum Gasteiger partial charge on any atom is -0.379 e. The molecule has 1 amide bonds. The number of nitrogens with one attached hydrogen (secondary N) is 1. The Balaban J connectivity index is 1.96. The molecule has 0 atom stereocenters. The standard InChI is InChI=1S/C17H17F3N4O3/c1-23(11-12-3-2-7-21-10-12)16(25)6-8-22-14-5-4-13(17(18,19)20)9-15(14)24(26)27/h2-5,7,9-10,22H,6,8,11H2,1H3. The number of nitro groups is 1. The summed E-state index contributed by atoms with van der Waals surface area (Å²) in [7, 11) is 1.61. The molecule has 2 rings (SSSR count). The van der Waals surface area contributed by atoms with Gasteiger partial charge in [-0.25, -0.2) is 0 Å². The van der Waals surface area contributed by atoms with Crippen molar-refractivity contribution in [3.8, 4) is 0 Å². The van der Waals surface area contributed by atoms with E-state index < -0.39 is 22.4 Å². The third kappa shape index (κ3) is 5.66. The highest BCUT2D eigenvalue weighted by Gasteiger charge is 2.33. The quantitative estimate of drug-likeness (QED) is 0.585. The van der Waals surface area contributed by atoms with Gasteiger partial charge in [0.05, 0.1) is 10.5 Å². The number of alkyl halides is 3. The number of halogens is 3. The molecule has 1 heterocycles. The van der Waals surface area contributed by atoms with E-state index in [1.54, 1.807) is 25.5 Å². The maximum atomic E-state index is 12.7. The fraction of sp³-hybridized carbons (Fsp3) is 0.294. The van der Waals surface area contributed by atoms with E-state index in [-0.39, 0.29) is 24.6 Å². The molecule has 144 valence electrons. The molecule has 0 saturated carbocycles. The number of anilines is 1. The lowest BCUT2D eigenvalue weighted by atomic mass is 10.1. The van der Waals surface area contributed by atoms with Crippen LogP contribution in [0.3, 0.4) is 0 Å². The van der Waals surface area contributed by atoms with Crippen molar-refractivity contribution in [2.45, 2.75) is 19.1 Å². The van der Waals surface area contributed by atoms with Gasteiger partial charge in [-0.3, -0.25) is 19.9 Å². The van der Waals surface area contributed by atoms with Crippen molar-refractivity contribution in [2.24, 2.45) is 0 Å². The van der Waals surface area contributed by atoms with Gasteiger partial charge in [-0.2, -0.15) is 13.2 Å². The van der Waals surface area contributed by atoms with E-state index >= 15 is 0 Å². The number of nitrogens with zero attached hydrogens (tertiary/aromatic N) is 3. The van der Waals surface area contributed by atoms with Crippen LogP contribution < -0.4 is 5.32 Å². The molecular formula is C17H17F3N4O3. The van der Waals surface area contributed by atoms with Gasteiger partial charge in [-0.15, -0.1) is 0 Å². The number of benzene rings is 1. The van der Waals surface area contributed by atoms with E-state index in [1.807, 2.05) is 6.07 Å². The normalized spacial score (nSPS) is 11.1. The van der Waals surface area contributed by atoms with Gasteiger partial charge in [-0.05, 0) is 23.8 Å². The fourth-order valence-corrected chi connectivity index (χ4v) is 2.36. The highest BCUT2D eigenvalue weighted by Crippen LogP contribution is 2.34. The molecule has 0 fully saturated rings. The largest absolute Gasteiger partial charge is 0.416 e. The molecule has 10 heteroatoms. The average molecular weight is 382 g/mol. The summed E-state index contributed by atoms with van der Waals surface area (Å²) in [5, 5.41) is 13.7. The molecule has 0 aliphatic carbocycles. The van der Waals surface area contributed by atoms with Crippen LogP contribution in [0.2, 0.25) is 0 Å². The first-order chi connectivity index (χ1) is 12.7. The van der Waals surface area contributed by atoms with Crippen molar-refractivity contribution in [1.82, 2.24) is 9.88 Å². The summed E-state index contributed by atoms with van der Waals surface area (Å²) in [5.74, 6) is -0.221. The second kappa shape index (κ2) is 8.47. The van der Waals surface area contributed by atoms with E-state index in [1.165, 1.54) is 4.90 Å². The number of hydrogen-bond acceptors (Lipinski definition) is 5. The SMILES string of the molecule is CN(Cc1cccnc1)C(=O)CCNc1ccc(C(F)(F)F)cc1[N+](=O)[O-]. The van der Waals surface area contributed by atoms with Gasteiger partial charge in [-0.1, -0.05) is 6.07 Å². The number of amides is 1. The van der Waals surface area contributed by atoms with Gasteiger partial charge in [0, 0.05) is 45.0 Å². The Hall–Kier alpha value is -3.17. The van der Waals surface area contributed by atoms with Crippen molar-refractivity contribution >= 4 is 17.3 Å². The minimum atomic E-state index is -4.67. The topological polar surface area (TPSA) is 88.4 Å². The fourth-order valence-electron chi connectivity index (χ4n) is 2.36. The molecule has 0 radical (unpaired) electrons. The van der Waals surface area contributed by atoms with Gasteiger partial charge in [0.2, 0.25) is 5.91 Å². The molecule has 0 saturated heterocycles. The van der Waals surface area contributed by atoms with Crippen molar-refractivity contribution in [1.29, 1.82) is 0 Å². The van der Waals surface area contributed by atoms with Gasteiger partial charge >= 0.3 is 6.18 Å². The summed E-state index contributed by atoms with van der Waals surface area (Å²) < 4.78 is 38.1. The van der Waals surface area contributed by atoms with Crippen LogP contribution in [0.15, 0.2) is 42.7 Å². The van der Waals surface area contributed by atoms with E-state index in [0.29, 0.717) is 12.6 Å². The Labute approximate surface area is 153 Å². The number of nitro benzene ring substituents is 1. The molecule has 0 unspecified atom stereocenters. The summed E-state index contributed by atoms with van der Waals surface area (Å²) in [6, 6.07) is 5.79. The Kier molecular flexibility index (Phi) is 6.32. The zero-order valence-electron chi connectivity index (χ0n) is 14.4. The average Bonchev–Trinajstić information content (AvgIpc) is 2.61. The van der Waals surface area contributed by atoms with E-state index in [9.17, 15) is 28.1 Å². The monoisotopic (exact) mass is 382 g/mol. The Morgan fingerprint density at radius 1 is 1.33 bits per heavy atom. The maximum Gasteiger partial charge on any atom is 0.416 e. The molecule has 0 aliphatic rings. The summed E-state index contributed by atoms with van der Waals surface area (Å²) >= 11 is 0. The van der Waals surface area contributed by atoms with Crippen LogP contribution in [0.5, 0.6) is 0 Å². The summed E-state index contributed by atoms with van der Waals surface area (Å²) in [6.07, 6.45) is -1.40. The Bertz CT molecular complexity index is 813. The molecule has 1 aromatic heterocycles. The van der Waals surface area contributed by atoms with Gasteiger partial charge in [0.15, 0.2) is 0 Å². The predicted molar refractivity (Wildman–Crippen MR) is 91.9 cm³/mol. The second-order valence-corrected chi connectivity index (χ2v) is 5.77. The van der Waals surface area contributed by atoms with Crippen LogP contribution in [0, 0.1) is 10.1 Å². The molecular weight excluding hydrogens is 365 g/mol. The molecule has 0 bridgehead atoms. The van der Waals surface area contributed by atoms with Crippen LogP contribution in [0.1, 0.15) is 17.5 Å². The first-order valence-corrected chi connectivity index (χ1v) is 7.91. The minimum absolute atomic E-state index is 0.0228. The van der Waals surface area contributed by atoms with Crippen molar-refractivity contribution < 1.29 is 22.9 Å². The van der Waals surface area contributed by atoms with E-state index in [2.05, 4.69) is 10.3 Å². The third-order valence-corrected chi connectivity index (χ3v) is 3.74. The van der Waals surface area contributed by atoms with E-state index in [0.717, 1.165) is 17.7 Å². The summed E-state index contributed by atoms with van der Waals surface area (Å²) in [5.41, 5.74) is -1.02. The Morgan fingerprint density at radius 3 is 2.67 bits per heavy atom. The summed E-state index contributed by atoms with van der Waals surface area (Å²) in [6.45, 7) is 0.398. The lowest BCUT2D eigenvalue weighted by Crippen LogP contribution is -2.27. The van der Waals surface area contributed by atoms with Gasteiger partial charge in [0.25, 0.3) is 5.69 Å². The smallest absolute Gasteiger partial charge is 0.379 e. The van der Waals surface area contributed by atoms with Crippen molar-refractivity contribution in [3.63, 3.8) is 0 Å². The molecule has 0 aliphatic heterocycles. The summed E-state index contributed by atoms with van der Waals surface area (Å²) in [4.78, 5) is 27.7. The highest BCUT2D eigenvalue weighted by atomic mass is 19.4. The zero-order chi connectivity index (χ0) is 20.0. The first kappa shape index (κ1) is 20.1. The third-order valence-electron chi connectivity index (χ3n) is 3.74. The van der Waals surface area contributed by atoms with Crippen LogP contribution in [0.4, 0.5) is 24.5 Å². The Morgan fingerprint density at radius 2 is 2.07 bits per heavy atom. The van der Waals surface area contributed by atoms with Gasteiger partial charge < -0.3 is 10.2 Å². The molecule has 7 nitrogen and oxygen atoms in total. The molecule has 2 aromatic rings. The number of rotatable bonds is 7. The second-order valence-electron chi connectivity index (χ2n) is 5.77. The maximum absolute atomic E-state index is 12.7. The number of pyridine rings is 1. The van der Waals surface area contributed by atoms with Crippen molar-refractivity contribution in [2.75, 3.05) is 18.9 Å². The zero-order valence-corrected chi connectivity index (χ0v) is 14.4. The van der Waals surface area contributed by atoms with Crippen LogP contribution in [-0.4, -0.2) is 34.3 Å². The van der Waals surface area contributed by atoms with E-state index in [4.69, 9.17) is 0 Å². The van der Waals surface area contributed by atoms with Crippen LogP contribution >= 0.6 is 0 Å². The number of hydrogen-bond donors (Lipinski definition) is 1.